The number of nitrogens with two attached hydrogens (primary N) is 1. The van der Waals surface area contributed by atoms with Gasteiger partial charge in [-0.15, -0.1) is 5.10 Å². The number of allylic oxidation sites excluding steroid dienone is 1. The van der Waals surface area contributed by atoms with E-state index < -0.39 is 11.9 Å². The van der Waals surface area contributed by atoms with E-state index in [1.54, 1.807) is 12.1 Å². The molecule has 1 atom stereocenters. The van der Waals surface area contributed by atoms with Gasteiger partial charge in [-0.3, -0.25) is 9.89 Å². The maximum Gasteiger partial charge on any atom is 0.308 e. The number of hydrogen-bond acceptors (Lipinski definition) is 8. The van der Waals surface area contributed by atoms with E-state index in [0.29, 0.717) is 11.4 Å². The molecule has 3 N–H and O–H groups in total. The van der Waals surface area contributed by atoms with Crippen LogP contribution in [0.15, 0.2) is 23.6 Å². The van der Waals surface area contributed by atoms with Crippen LogP contribution in [0, 0.1) is 11.3 Å². The van der Waals surface area contributed by atoms with Crippen molar-refractivity contribution >= 4 is 5.97 Å². The molecule has 29 heavy (non-hydrogen) atoms. The predicted molar refractivity (Wildman–Crippen MR) is 103 cm³/mol. The van der Waals surface area contributed by atoms with E-state index in [1.165, 1.54) is 21.1 Å². The Bertz CT molecular complexity index is 1010. The van der Waals surface area contributed by atoms with Crippen molar-refractivity contribution in [1.82, 2.24) is 10.2 Å². The van der Waals surface area contributed by atoms with Crippen molar-refractivity contribution in [2.24, 2.45) is 5.73 Å². The van der Waals surface area contributed by atoms with Crippen molar-refractivity contribution in [3.8, 4) is 29.2 Å². The third kappa shape index (κ3) is 3.45. The minimum Gasteiger partial charge on any atom is -0.493 e. The van der Waals surface area contributed by atoms with Crippen molar-refractivity contribution in [1.29, 1.82) is 5.26 Å². The number of benzene rings is 1. The molecule has 0 saturated carbocycles. The number of rotatable bonds is 5. The summed E-state index contributed by atoms with van der Waals surface area (Å²) in [5.41, 5.74) is 8.44. The van der Waals surface area contributed by atoms with E-state index in [9.17, 15) is 10.1 Å². The molecule has 1 aliphatic rings. The number of carbonyl (C=O) groups excluding carboxylic acids is 1. The van der Waals surface area contributed by atoms with Gasteiger partial charge in [0.1, 0.15) is 11.6 Å². The van der Waals surface area contributed by atoms with Crippen LogP contribution in [-0.2, 0) is 4.79 Å². The van der Waals surface area contributed by atoms with Gasteiger partial charge < -0.3 is 24.7 Å². The fourth-order valence-corrected chi connectivity index (χ4v) is 3.35. The number of nitrogens with zero attached hydrogens (tertiary/aromatic N) is 2. The first-order valence-corrected chi connectivity index (χ1v) is 8.92. The monoisotopic (exact) mass is 398 g/mol. The number of esters is 1. The van der Waals surface area contributed by atoms with Gasteiger partial charge in [0.05, 0.1) is 25.7 Å². The molecule has 1 aromatic heterocycles. The summed E-state index contributed by atoms with van der Waals surface area (Å²) in [5.74, 6) is 0.0497. The summed E-state index contributed by atoms with van der Waals surface area (Å²) in [5, 5.41) is 17.0. The summed E-state index contributed by atoms with van der Waals surface area (Å²) < 4.78 is 21.7. The molecule has 1 aromatic carbocycles. The second kappa shape index (κ2) is 7.75. The summed E-state index contributed by atoms with van der Waals surface area (Å²) in [6.07, 6.45) is 0. The van der Waals surface area contributed by atoms with Crippen LogP contribution in [0.5, 0.6) is 23.1 Å². The number of nitriles is 1. The lowest BCUT2D eigenvalue weighted by molar-refractivity contribution is -0.132. The molecule has 3 rings (SSSR count). The number of fused-ring (bicyclic) bond motifs is 1. The molecule has 2 aromatic rings. The van der Waals surface area contributed by atoms with Crippen molar-refractivity contribution in [3.63, 3.8) is 0 Å². The highest BCUT2D eigenvalue weighted by atomic mass is 16.6. The standard InChI is InChI=1S/C20H22N4O5/c1-9(2)17-16-15(12(8-21)19(22)29-20(16)24-23-17)11-6-13(26-4)18(28-10(3)25)14(7-11)27-5/h6-7,9,15H,22H2,1-5H3,(H,23,24)/t15-/m0/s1. The topological polar surface area (TPSA) is 132 Å². The number of aromatic nitrogens is 2. The number of H-pyrrole nitrogens is 1. The molecule has 0 unspecified atom stereocenters. The molecular formula is C20H22N4O5. The zero-order valence-electron chi connectivity index (χ0n) is 16.8. The first-order chi connectivity index (χ1) is 13.8. The Morgan fingerprint density at radius 2 is 1.93 bits per heavy atom. The normalized spacial score (nSPS) is 15.4. The Morgan fingerprint density at radius 3 is 2.41 bits per heavy atom. The van der Waals surface area contributed by atoms with Crippen LogP contribution in [0.25, 0.3) is 0 Å². The lowest BCUT2D eigenvalue weighted by Crippen LogP contribution is -2.21. The van der Waals surface area contributed by atoms with Gasteiger partial charge in [-0.2, -0.15) is 5.26 Å². The van der Waals surface area contributed by atoms with Gasteiger partial charge in [0, 0.05) is 12.6 Å². The lowest BCUT2D eigenvalue weighted by Gasteiger charge is -2.26. The van der Waals surface area contributed by atoms with Crippen LogP contribution in [0.2, 0.25) is 0 Å². The molecule has 0 fully saturated rings. The smallest absolute Gasteiger partial charge is 0.308 e. The molecule has 0 saturated heterocycles. The first kappa shape index (κ1) is 20.1. The number of carbonyl (C=O) groups is 1. The predicted octanol–water partition coefficient (Wildman–Crippen LogP) is 2.69. The van der Waals surface area contributed by atoms with Crippen LogP contribution in [0.1, 0.15) is 49.4 Å². The van der Waals surface area contributed by atoms with Crippen molar-refractivity contribution in [2.45, 2.75) is 32.6 Å². The van der Waals surface area contributed by atoms with Crippen molar-refractivity contribution in [3.05, 3.63) is 40.4 Å². The zero-order valence-corrected chi connectivity index (χ0v) is 16.8. The van der Waals surface area contributed by atoms with Gasteiger partial charge in [-0.25, -0.2) is 0 Å². The van der Waals surface area contributed by atoms with E-state index in [0.717, 1.165) is 11.3 Å². The highest BCUT2D eigenvalue weighted by Crippen LogP contribution is 2.48. The molecule has 0 radical (unpaired) electrons. The number of nitrogens with one attached hydrogen (secondary N) is 1. The van der Waals surface area contributed by atoms with E-state index in [1.807, 2.05) is 13.8 Å². The third-order valence-electron chi connectivity index (χ3n) is 4.61. The molecular weight excluding hydrogens is 376 g/mol. The average Bonchev–Trinajstić information content (AvgIpc) is 3.10. The summed E-state index contributed by atoms with van der Waals surface area (Å²) in [6.45, 7) is 5.29. The molecule has 152 valence electrons. The number of aromatic amines is 1. The van der Waals surface area contributed by atoms with Crippen molar-refractivity contribution < 1.29 is 23.7 Å². The summed E-state index contributed by atoms with van der Waals surface area (Å²) in [7, 11) is 2.90. The minimum atomic E-state index is -0.561. The fraction of sp³-hybridized carbons (Fsp3) is 0.350. The van der Waals surface area contributed by atoms with Crippen LogP contribution >= 0.6 is 0 Å². The van der Waals surface area contributed by atoms with Gasteiger partial charge in [-0.1, -0.05) is 13.8 Å². The Labute approximate surface area is 168 Å². The molecule has 1 aliphatic heterocycles. The fourth-order valence-electron chi connectivity index (χ4n) is 3.35. The number of hydrogen-bond donors (Lipinski definition) is 2. The van der Waals surface area contributed by atoms with Crippen LogP contribution < -0.4 is 24.7 Å². The van der Waals surface area contributed by atoms with Gasteiger partial charge in [-0.05, 0) is 23.6 Å². The van der Waals surface area contributed by atoms with Gasteiger partial charge in [0.25, 0.3) is 0 Å². The Balaban J connectivity index is 2.28. The second-order valence-corrected chi connectivity index (χ2v) is 6.78. The summed E-state index contributed by atoms with van der Waals surface area (Å²) in [6, 6.07) is 5.51. The zero-order chi connectivity index (χ0) is 21.3. The molecule has 0 amide bonds. The average molecular weight is 398 g/mol. The highest BCUT2D eigenvalue weighted by Gasteiger charge is 2.37. The van der Waals surface area contributed by atoms with E-state index >= 15 is 0 Å². The van der Waals surface area contributed by atoms with E-state index in [-0.39, 0.29) is 34.6 Å². The van der Waals surface area contributed by atoms with Gasteiger partial charge >= 0.3 is 5.97 Å². The van der Waals surface area contributed by atoms with Crippen LogP contribution in [0.3, 0.4) is 0 Å². The Kier molecular flexibility index (Phi) is 5.37. The molecule has 0 aliphatic carbocycles. The SMILES string of the molecule is COc1cc([C@H]2C(C#N)=C(N)Oc3n[nH]c(C(C)C)c32)cc(OC)c1OC(C)=O. The number of ether oxygens (including phenoxy) is 4. The largest absolute Gasteiger partial charge is 0.493 e. The van der Waals surface area contributed by atoms with Crippen LogP contribution in [-0.4, -0.2) is 30.4 Å². The maximum absolute atomic E-state index is 11.5. The van der Waals surface area contributed by atoms with E-state index in [2.05, 4.69) is 16.3 Å². The maximum atomic E-state index is 11.5. The Morgan fingerprint density at radius 1 is 1.31 bits per heavy atom. The van der Waals surface area contributed by atoms with Crippen molar-refractivity contribution in [2.75, 3.05) is 14.2 Å². The number of methoxy groups -OCH3 is 2. The van der Waals surface area contributed by atoms with Crippen LogP contribution in [0.4, 0.5) is 0 Å². The molecule has 9 heteroatoms. The minimum absolute atomic E-state index is 0.0196. The Hall–Kier alpha value is -3.67. The molecule has 9 nitrogen and oxygen atoms in total. The highest BCUT2D eigenvalue weighted by molar-refractivity contribution is 5.73. The molecule has 0 spiro atoms. The third-order valence-corrected chi connectivity index (χ3v) is 4.61. The first-order valence-electron chi connectivity index (χ1n) is 8.92. The summed E-state index contributed by atoms with van der Waals surface area (Å²) >= 11 is 0. The van der Waals surface area contributed by atoms with E-state index in [4.69, 9.17) is 24.7 Å². The lowest BCUT2D eigenvalue weighted by atomic mass is 9.82. The van der Waals surface area contributed by atoms with Gasteiger partial charge in [0.2, 0.25) is 17.5 Å². The molecule has 2 heterocycles. The molecule has 0 bridgehead atoms. The quantitative estimate of drug-likeness (QED) is 0.580. The summed E-state index contributed by atoms with van der Waals surface area (Å²) in [4.78, 5) is 11.5. The second-order valence-electron chi connectivity index (χ2n) is 6.78. The van der Waals surface area contributed by atoms with Gasteiger partial charge in [0.15, 0.2) is 11.5 Å².